The van der Waals surface area contributed by atoms with E-state index in [0.717, 1.165) is 5.56 Å². The first-order valence-electron chi connectivity index (χ1n) is 7.73. The molecule has 1 heterocycles. The number of nitro benzene ring substituents is 1. The van der Waals surface area contributed by atoms with Gasteiger partial charge in [0.25, 0.3) is 5.69 Å². The van der Waals surface area contributed by atoms with Gasteiger partial charge >= 0.3 is 0 Å². The number of aromatic amines is 1. The molecule has 1 aromatic heterocycles. The van der Waals surface area contributed by atoms with Crippen LogP contribution in [0, 0.1) is 10.1 Å². The quantitative estimate of drug-likeness (QED) is 0.528. The summed E-state index contributed by atoms with van der Waals surface area (Å²) >= 11 is 5.84. The summed E-state index contributed by atoms with van der Waals surface area (Å²) in [5.41, 5.74) is 2.57. The smallest absolute Gasteiger partial charge is 0.259 e. The van der Waals surface area contributed by atoms with Gasteiger partial charge in [-0.1, -0.05) is 56.6 Å². The van der Waals surface area contributed by atoms with Crippen LogP contribution in [0.25, 0.3) is 22.8 Å². The van der Waals surface area contributed by atoms with E-state index < -0.39 is 4.92 Å². The minimum atomic E-state index is -0.523. The van der Waals surface area contributed by atoms with E-state index in [0.29, 0.717) is 17.2 Å². The number of aromatic nitrogens is 3. The van der Waals surface area contributed by atoms with Gasteiger partial charge in [0.1, 0.15) is 5.02 Å². The number of hydrogen-bond acceptors (Lipinski definition) is 4. The number of nitro groups is 1. The number of H-pyrrole nitrogens is 1. The highest BCUT2D eigenvalue weighted by Gasteiger charge is 2.17. The lowest BCUT2D eigenvalue weighted by Crippen LogP contribution is -2.10. The molecule has 0 unspecified atom stereocenters. The van der Waals surface area contributed by atoms with E-state index in [4.69, 9.17) is 11.6 Å². The van der Waals surface area contributed by atoms with Crippen LogP contribution >= 0.6 is 11.6 Å². The van der Waals surface area contributed by atoms with Gasteiger partial charge in [-0.25, -0.2) is 4.98 Å². The molecule has 0 spiro atoms. The molecule has 0 saturated carbocycles. The monoisotopic (exact) mass is 356 g/mol. The van der Waals surface area contributed by atoms with Crippen molar-refractivity contribution in [3.05, 3.63) is 63.2 Å². The molecule has 128 valence electrons. The third-order valence-corrected chi connectivity index (χ3v) is 4.23. The van der Waals surface area contributed by atoms with Crippen molar-refractivity contribution >= 4 is 17.3 Å². The molecular formula is C18H17ClN4O2. The molecule has 0 radical (unpaired) electrons. The Morgan fingerprint density at radius 2 is 1.72 bits per heavy atom. The normalized spacial score (nSPS) is 11.5. The first-order chi connectivity index (χ1) is 11.8. The highest BCUT2D eigenvalue weighted by molar-refractivity contribution is 6.32. The second-order valence-corrected chi connectivity index (χ2v) is 7.17. The number of nitrogens with zero attached hydrogens (tertiary/aromatic N) is 3. The van der Waals surface area contributed by atoms with Crippen LogP contribution in [0.2, 0.25) is 5.02 Å². The van der Waals surface area contributed by atoms with Gasteiger partial charge in [-0.2, -0.15) is 5.10 Å². The van der Waals surface area contributed by atoms with Crippen molar-refractivity contribution in [1.82, 2.24) is 15.2 Å². The Balaban J connectivity index is 1.93. The molecule has 0 aliphatic rings. The van der Waals surface area contributed by atoms with E-state index in [1.54, 1.807) is 6.07 Å². The molecule has 25 heavy (non-hydrogen) atoms. The van der Waals surface area contributed by atoms with E-state index in [1.807, 2.05) is 12.1 Å². The van der Waals surface area contributed by atoms with Gasteiger partial charge in [0.15, 0.2) is 11.6 Å². The standard InChI is InChI=1S/C18H17ClN4O2/c1-18(2,3)13-7-4-11(5-8-13)16-20-17(22-21-16)12-6-9-14(19)15(10-12)23(24)25/h4-10H,1-3H3,(H,20,21,22). The molecule has 0 saturated heterocycles. The number of nitrogens with one attached hydrogen (secondary N) is 1. The van der Waals surface area contributed by atoms with Crippen LogP contribution in [0.15, 0.2) is 42.5 Å². The van der Waals surface area contributed by atoms with Gasteiger partial charge in [0.2, 0.25) is 0 Å². The van der Waals surface area contributed by atoms with Gasteiger partial charge in [0, 0.05) is 17.2 Å². The van der Waals surface area contributed by atoms with Crippen LogP contribution in [0.1, 0.15) is 26.3 Å². The lowest BCUT2D eigenvalue weighted by molar-refractivity contribution is -0.384. The fraction of sp³-hybridized carbons (Fsp3) is 0.222. The molecule has 3 rings (SSSR count). The zero-order valence-corrected chi connectivity index (χ0v) is 14.8. The maximum atomic E-state index is 11.0. The molecular weight excluding hydrogens is 340 g/mol. The fourth-order valence-corrected chi connectivity index (χ4v) is 2.63. The van der Waals surface area contributed by atoms with E-state index in [9.17, 15) is 10.1 Å². The van der Waals surface area contributed by atoms with Crippen molar-refractivity contribution in [3.8, 4) is 22.8 Å². The minimum absolute atomic E-state index is 0.0767. The Labute approximate surface area is 150 Å². The van der Waals surface area contributed by atoms with Crippen molar-refractivity contribution < 1.29 is 4.92 Å². The maximum absolute atomic E-state index is 11.0. The van der Waals surface area contributed by atoms with Gasteiger partial charge in [-0.05, 0) is 23.1 Å². The van der Waals surface area contributed by atoms with Crippen molar-refractivity contribution in [2.75, 3.05) is 0 Å². The zero-order valence-electron chi connectivity index (χ0n) is 14.1. The summed E-state index contributed by atoms with van der Waals surface area (Å²) in [6.45, 7) is 6.46. The van der Waals surface area contributed by atoms with Gasteiger partial charge < -0.3 is 0 Å². The lowest BCUT2D eigenvalue weighted by atomic mass is 9.87. The third kappa shape index (κ3) is 3.53. The van der Waals surface area contributed by atoms with Gasteiger partial charge in [-0.15, -0.1) is 0 Å². The molecule has 6 nitrogen and oxygen atoms in total. The SMILES string of the molecule is CC(C)(C)c1ccc(-c2nc(-c3ccc(Cl)c([N+](=O)[O-])c3)n[nH]2)cc1. The Bertz CT molecular complexity index is 927. The summed E-state index contributed by atoms with van der Waals surface area (Å²) in [6, 6.07) is 12.6. The highest BCUT2D eigenvalue weighted by Crippen LogP contribution is 2.30. The van der Waals surface area contributed by atoms with E-state index in [1.165, 1.54) is 17.7 Å². The number of benzene rings is 2. The van der Waals surface area contributed by atoms with E-state index >= 15 is 0 Å². The Kier molecular flexibility index (Phi) is 4.30. The summed E-state index contributed by atoms with van der Waals surface area (Å²) in [4.78, 5) is 14.9. The molecule has 0 aliphatic carbocycles. The van der Waals surface area contributed by atoms with Crippen LogP contribution in [0.4, 0.5) is 5.69 Å². The first kappa shape index (κ1) is 17.1. The summed E-state index contributed by atoms with van der Waals surface area (Å²) in [7, 11) is 0. The maximum Gasteiger partial charge on any atom is 0.288 e. The molecule has 2 aromatic carbocycles. The van der Waals surface area contributed by atoms with Crippen molar-refractivity contribution in [3.63, 3.8) is 0 Å². The number of rotatable bonds is 3. The molecule has 0 fully saturated rings. The molecule has 0 aliphatic heterocycles. The average molecular weight is 357 g/mol. The average Bonchev–Trinajstić information content (AvgIpc) is 3.04. The molecule has 1 N–H and O–H groups in total. The summed E-state index contributed by atoms with van der Waals surface area (Å²) in [5.74, 6) is 0.989. The molecule has 0 bridgehead atoms. The Morgan fingerprint density at radius 3 is 2.32 bits per heavy atom. The second kappa shape index (κ2) is 6.29. The van der Waals surface area contributed by atoms with Crippen LogP contribution in [-0.4, -0.2) is 20.1 Å². The van der Waals surface area contributed by atoms with Crippen molar-refractivity contribution in [2.24, 2.45) is 0 Å². The van der Waals surface area contributed by atoms with E-state index in [-0.39, 0.29) is 16.1 Å². The highest BCUT2D eigenvalue weighted by atomic mass is 35.5. The number of halogens is 1. The Morgan fingerprint density at radius 1 is 1.08 bits per heavy atom. The second-order valence-electron chi connectivity index (χ2n) is 6.76. The van der Waals surface area contributed by atoms with E-state index in [2.05, 4.69) is 48.1 Å². The van der Waals surface area contributed by atoms with Crippen LogP contribution in [-0.2, 0) is 5.41 Å². The summed E-state index contributed by atoms with van der Waals surface area (Å²) < 4.78 is 0. The largest absolute Gasteiger partial charge is 0.288 e. The molecule has 3 aromatic rings. The minimum Gasteiger partial charge on any atom is -0.259 e. The summed E-state index contributed by atoms with van der Waals surface area (Å²) in [5, 5.41) is 18.1. The van der Waals surface area contributed by atoms with Crippen LogP contribution in [0.5, 0.6) is 0 Å². The zero-order chi connectivity index (χ0) is 18.2. The lowest BCUT2D eigenvalue weighted by Gasteiger charge is -2.18. The molecule has 0 amide bonds. The Hall–Kier alpha value is -2.73. The van der Waals surface area contributed by atoms with Crippen LogP contribution in [0.3, 0.4) is 0 Å². The molecule has 0 atom stereocenters. The predicted molar refractivity (Wildman–Crippen MR) is 97.6 cm³/mol. The van der Waals surface area contributed by atoms with Gasteiger partial charge in [-0.3, -0.25) is 15.2 Å². The number of hydrogen-bond donors (Lipinski definition) is 1. The van der Waals surface area contributed by atoms with Crippen molar-refractivity contribution in [2.45, 2.75) is 26.2 Å². The topological polar surface area (TPSA) is 84.7 Å². The third-order valence-electron chi connectivity index (χ3n) is 3.91. The first-order valence-corrected chi connectivity index (χ1v) is 8.11. The van der Waals surface area contributed by atoms with Gasteiger partial charge in [0.05, 0.1) is 4.92 Å². The summed E-state index contributed by atoms with van der Waals surface area (Å²) in [6.07, 6.45) is 0. The fourth-order valence-electron chi connectivity index (χ4n) is 2.44. The van der Waals surface area contributed by atoms with Crippen LogP contribution < -0.4 is 0 Å². The predicted octanol–water partition coefficient (Wildman–Crippen LogP) is 5.00. The molecule has 7 heteroatoms. The van der Waals surface area contributed by atoms with Crippen molar-refractivity contribution in [1.29, 1.82) is 0 Å².